The summed E-state index contributed by atoms with van der Waals surface area (Å²) in [5.41, 5.74) is 3.42. The lowest BCUT2D eigenvalue weighted by Crippen LogP contribution is -2.28. The fourth-order valence-electron chi connectivity index (χ4n) is 6.31. The third kappa shape index (κ3) is 11.2. The van der Waals surface area contributed by atoms with Crippen LogP contribution >= 0.6 is 12.4 Å². The number of rotatable bonds is 13. The van der Waals surface area contributed by atoms with Crippen LogP contribution in [0.2, 0.25) is 0 Å². The molecule has 0 bridgehead atoms. The summed E-state index contributed by atoms with van der Waals surface area (Å²) in [5, 5.41) is 6.66. The second-order valence-electron chi connectivity index (χ2n) is 13.5. The number of carbonyl (C=O) groups excluding carboxylic acids is 2. The van der Waals surface area contributed by atoms with E-state index in [0.717, 1.165) is 62.2 Å². The fourth-order valence-corrected chi connectivity index (χ4v) is 6.31. The van der Waals surface area contributed by atoms with Crippen LogP contribution < -0.4 is 25.0 Å². The molecule has 2 aromatic carbocycles. The van der Waals surface area contributed by atoms with Gasteiger partial charge in [0.05, 0.1) is 24.6 Å². The van der Waals surface area contributed by atoms with Gasteiger partial charge in [0, 0.05) is 38.4 Å². The van der Waals surface area contributed by atoms with Crippen LogP contribution in [0.15, 0.2) is 60.9 Å². The van der Waals surface area contributed by atoms with Crippen molar-refractivity contribution in [2.75, 3.05) is 36.4 Å². The summed E-state index contributed by atoms with van der Waals surface area (Å²) in [6, 6.07) is 16.8. The van der Waals surface area contributed by atoms with Crippen molar-refractivity contribution < 1.29 is 19.1 Å². The number of aromatic nitrogens is 2. The Balaban J connectivity index is 0.000000236. The minimum atomic E-state index is 0. The number of hydrogen-bond acceptors (Lipinski definition) is 9. The van der Waals surface area contributed by atoms with E-state index in [-0.39, 0.29) is 41.9 Å². The lowest BCUT2D eigenvalue weighted by molar-refractivity contribution is -0.118. The molecular formula is C38H52ClN5O4. The Hall–Kier alpha value is -3.69. The van der Waals surface area contributed by atoms with E-state index in [1.807, 2.05) is 36.7 Å². The Labute approximate surface area is 292 Å². The van der Waals surface area contributed by atoms with Gasteiger partial charge in [-0.2, -0.15) is 0 Å². The third-order valence-corrected chi connectivity index (χ3v) is 9.29. The number of Topliss-reactive ketones (excluding diaryl/α,β-unsaturated/α-hetero) is 2. The first-order valence-electron chi connectivity index (χ1n) is 17.3. The van der Waals surface area contributed by atoms with Crippen LogP contribution in [0.4, 0.5) is 11.6 Å². The van der Waals surface area contributed by atoms with Gasteiger partial charge in [-0.15, -0.1) is 12.4 Å². The molecule has 6 rings (SSSR count). The zero-order chi connectivity index (χ0) is 33.2. The third-order valence-electron chi connectivity index (χ3n) is 9.29. The quantitative estimate of drug-likeness (QED) is 0.196. The lowest BCUT2D eigenvalue weighted by Gasteiger charge is -2.26. The number of ether oxygens (including phenoxy) is 2. The van der Waals surface area contributed by atoms with Crippen LogP contribution in [0.25, 0.3) is 0 Å². The zero-order valence-electron chi connectivity index (χ0n) is 28.8. The Bertz CT molecular complexity index is 1430. The van der Waals surface area contributed by atoms with Crippen molar-refractivity contribution in [1.29, 1.82) is 0 Å². The summed E-state index contributed by atoms with van der Waals surface area (Å²) in [6.07, 6.45) is 11.2. The van der Waals surface area contributed by atoms with Gasteiger partial charge >= 0.3 is 0 Å². The van der Waals surface area contributed by atoms with E-state index in [1.54, 1.807) is 13.8 Å². The van der Waals surface area contributed by atoms with Gasteiger partial charge in [0.1, 0.15) is 35.3 Å². The molecule has 2 aliphatic heterocycles. The highest BCUT2D eigenvalue weighted by Gasteiger charge is 2.25. The summed E-state index contributed by atoms with van der Waals surface area (Å²) in [5.74, 6) is 3.51. The molecule has 2 unspecified atom stereocenters. The second-order valence-corrected chi connectivity index (χ2v) is 13.5. The molecule has 3 aliphatic rings. The van der Waals surface area contributed by atoms with Gasteiger partial charge in [-0.05, 0) is 93.3 Å². The van der Waals surface area contributed by atoms with Crippen molar-refractivity contribution in [2.45, 2.75) is 103 Å². The Kier molecular flexibility index (Phi) is 14.1. The molecule has 3 heterocycles. The number of ketones is 2. The Morgan fingerprint density at radius 2 is 1.38 bits per heavy atom. The minimum Gasteiger partial charge on any atom is -0.489 e. The monoisotopic (exact) mass is 677 g/mol. The number of benzene rings is 2. The SMILES string of the molecule is CC(=O)C[C@@H](C)c1ccc(OC2CCN(c3cnc(NC4CCC4)nc3)C2)cc1.CC(=O)C[C@@H](C)c1ccc(OC2CCNC2)cc1.Cl. The Morgan fingerprint density at radius 3 is 1.83 bits per heavy atom. The molecule has 0 amide bonds. The zero-order valence-corrected chi connectivity index (χ0v) is 29.6. The number of halogens is 1. The van der Waals surface area contributed by atoms with Crippen molar-refractivity contribution in [3.05, 3.63) is 72.1 Å². The topological polar surface area (TPSA) is 106 Å². The van der Waals surface area contributed by atoms with Gasteiger partial charge in [-0.3, -0.25) is 0 Å². The number of carbonyl (C=O) groups is 2. The molecule has 3 aromatic rings. The smallest absolute Gasteiger partial charge is 0.222 e. The Morgan fingerprint density at radius 1 is 0.833 bits per heavy atom. The molecule has 260 valence electrons. The summed E-state index contributed by atoms with van der Waals surface area (Å²) in [7, 11) is 0. The first-order valence-corrected chi connectivity index (χ1v) is 17.3. The van der Waals surface area contributed by atoms with E-state index in [0.29, 0.717) is 25.0 Å². The van der Waals surface area contributed by atoms with E-state index < -0.39 is 0 Å². The van der Waals surface area contributed by atoms with Crippen LogP contribution in [0, 0.1) is 0 Å². The van der Waals surface area contributed by atoms with Gasteiger partial charge < -0.3 is 34.6 Å². The predicted octanol–water partition coefficient (Wildman–Crippen LogP) is 7.11. The summed E-state index contributed by atoms with van der Waals surface area (Å²) in [6.45, 7) is 11.2. The summed E-state index contributed by atoms with van der Waals surface area (Å²) in [4.78, 5) is 33.6. The highest BCUT2D eigenvalue weighted by molar-refractivity contribution is 5.85. The molecule has 2 saturated heterocycles. The van der Waals surface area contributed by atoms with Gasteiger partial charge in [0.15, 0.2) is 0 Å². The van der Waals surface area contributed by atoms with Crippen LogP contribution in [0.1, 0.15) is 95.6 Å². The maximum Gasteiger partial charge on any atom is 0.222 e. The molecule has 2 N–H and O–H groups in total. The molecule has 1 saturated carbocycles. The van der Waals surface area contributed by atoms with Crippen LogP contribution in [-0.4, -0.2) is 66.0 Å². The normalized spacial score (nSPS) is 20.0. The van der Waals surface area contributed by atoms with Gasteiger partial charge in [0.25, 0.3) is 0 Å². The van der Waals surface area contributed by atoms with E-state index >= 15 is 0 Å². The minimum absolute atomic E-state index is 0. The van der Waals surface area contributed by atoms with Crippen molar-refractivity contribution in [2.24, 2.45) is 0 Å². The lowest BCUT2D eigenvalue weighted by atomic mass is 9.93. The van der Waals surface area contributed by atoms with E-state index in [4.69, 9.17) is 9.47 Å². The van der Waals surface area contributed by atoms with Crippen molar-refractivity contribution in [3.63, 3.8) is 0 Å². The summed E-state index contributed by atoms with van der Waals surface area (Å²) < 4.78 is 12.0. The molecule has 0 spiro atoms. The van der Waals surface area contributed by atoms with Gasteiger partial charge in [-0.1, -0.05) is 38.1 Å². The van der Waals surface area contributed by atoms with Crippen LogP contribution in [0.3, 0.4) is 0 Å². The standard InChI is InChI=1S/C23H30N4O2.C15H21NO2.ClH/c1-16(12-17(2)28)18-6-8-21(9-7-18)29-22-10-11-27(15-22)20-13-24-23(25-14-20)26-19-4-3-5-19;1-11(9-12(2)17)13-3-5-14(6-4-13)18-15-7-8-16-10-15;/h6-9,13-14,16,19,22H,3-5,10-12,15H2,1-2H3,(H,24,25,26);3-6,11,15-16H,7-10H2,1-2H3;1H/t16-,22?;11-,15?;/m11./s1. The first kappa shape index (κ1) is 37.1. The molecular weight excluding hydrogens is 626 g/mol. The van der Waals surface area contributed by atoms with Crippen molar-refractivity contribution >= 4 is 35.6 Å². The number of anilines is 2. The maximum absolute atomic E-state index is 11.3. The number of nitrogens with zero attached hydrogens (tertiary/aromatic N) is 3. The van der Waals surface area contributed by atoms with Gasteiger partial charge in [0.2, 0.25) is 5.95 Å². The van der Waals surface area contributed by atoms with Crippen LogP contribution in [-0.2, 0) is 9.59 Å². The average Bonchev–Trinajstić information content (AvgIpc) is 3.72. The second kappa shape index (κ2) is 18.2. The molecule has 0 radical (unpaired) electrons. The first-order chi connectivity index (χ1) is 22.7. The summed E-state index contributed by atoms with van der Waals surface area (Å²) >= 11 is 0. The van der Waals surface area contributed by atoms with Gasteiger partial charge in [-0.25, -0.2) is 9.97 Å². The molecule has 48 heavy (non-hydrogen) atoms. The molecule has 10 heteroatoms. The van der Waals surface area contributed by atoms with E-state index in [2.05, 4.69) is 63.6 Å². The molecule has 1 aliphatic carbocycles. The number of nitrogens with one attached hydrogen (secondary N) is 2. The number of hydrogen-bond donors (Lipinski definition) is 2. The average molecular weight is 678 g/mol. The van der Waals surface area contributed by atoms with E-state index in [1.165, 1.54) is 30.4 Å². The van der Waals surface area contributed by atoms with Crippen molar-refractivity contribution in [1.82, 2.24) is 15.3 Å². The molecule has 9 nitrogen and oxygen atoms in total. The highest BCUT2D eigenvalue weighted by Crippen LogP contribution is 2.27. The van der Waals surface area contributed by atoms with Crippen LogP contribution in [0.5, 0.6) is 11.5 Å². The largest absolute Gasteiger partial charge is 0.489 e. The predicted molar refractivity (Wildman–Crippen MR) is 194 cm³/mol. The molecule has 1 aromatic heterocycles. The fraction of sp³-hybridized carbons (Fsp3) is 0.526. The molecule has 3 fully saturated rings. The molecule has 4 atom stereocenters. The van der Waals surface area contributed by atoms with Crippen molar-refractivity contribution in [3.8, 4) is 11.5 Å². The highest BCUT2D eigenvalue weighted by atomic mass is 35.5. The van der Waals surface area contributed by atoms with E-state index in [9.17, 15) is 9.59 Å². The maximum atomic E-state index is 11.3.